The molecule has 0 unspecified atom stereocenters. The third-order valence-electron chi connectivity index (χ3n) is 1.89. The van der Waals surface area contributed by atoms with Gasteiger partial charge in [-0.25, -0.2) is 4.39 Å². The van der Waals surface area contributed by atoms with E-state index < -0.39 is 0 Å². The molecule has 1 aromatic rings. The van der Waals surface area contributed by atoms with Gasteiger partial charge in [-0.1, -0.05) is 19.4 Å². The summed E-state index contributed by atoms with van der Waals surface area (Å²) < 4.78 is 13.2. The fourth-order valence-electron chi connectivity index (χ4n) is 1.30. The van der Waals surface area contributed by atoms with E-state index in [1.165, 1.54) is 6.07 Å². The van der Waals surface area contributed by atoms with Crippen LogP contribution in [-0.4, -0.2) is 7.05 Å². The first kappa shape index (κ1) is 9.04. The van der Waals surface area contributed by atoms with Crippen molar-refractivity contribution in [2.75, 3.05) is 12.4 Å². The molecule has 0 fully saturated rings. The van der Waals surface area contributed by atoms with Crippen LogP contribution in [-0.2, 0) is 6.42 Å². The minimum atomic E-state index is -0.108. The van der Waals surface area contributed by atoms with Crippen LogP contribution in [0.1, 0.15) is 18.9 Å². The van der Waals surface area contributed by atoms with Gasteiger partial charge < -0.3 is 5.32 Å². The lowest BCUT2D eigenvalue weighted by atomic mass is 10.1. The molecule has 0 heterocycles. The molecule has 0 bridgehead atoms. The molecule has 0 spiro atoms. The van der Waals surface area contributed by atoms with E-state index in [9.17, 15) is 4.39 Å². The molecule has 2 heteroatoms. The fraction of sp³-hybridized carbons (Fsp3) is 0.400. The summed E-state index contributed by atoms with van der Waals surface area (Å²) in [6.45, 7) is 2.05. The molecule has 0 saturated heterocycles. The van der Waals surface area contributed by atoms with Crippen LogP contribution < -0.4 is 5.32 Å². The number of rotatable bonds is 3. The smallest absolute Gasteiger partial charge is 0.128 e. The highest BCUT2D eigenvalue weighted by Crippen LogP contribution is 2.19. The standard InChI is InChI=1S/C10H14FN/c1-3-5-8-9(11)6-4-7-10(8)12-2/h4,6-7,12H,3,5H2,1-2H3. The van der Waals surface area contributed by atoms with Crippen molar-refractivity contribution in [2.45, 2.75) is 19.8 Å². The first-order valence-corrected chi connectivity index (χ1v) is 4.24. The highest BCUT2D eigenvalue weighted by atomic mass is 19.1. The molecule has 0 aliphatic heterocycles. The van der Waals surface area contributed by atoms with Crippen LogP contribution in [0, 0.1) is 5.82 Å². The molecular formula is C10H14FN. The van der Waals surface area contributed by atoms with Crippen molar-refractivity contribution in [1.82, 2.24) is 0 Å². The van der Waals surface area contributed by atoms with Crippen molar-refractivity contribution in [3.63, 3.8) is 0 Å². The van der Waals surface area contributed by atoms with Gasteiger partial charge in [-0.05, 0) is 18.6 Å². The monoisotopic (exact) mass is 167 g/mol. The first-order valence-electron chi connectivity index (χ1n) is 4.24. The Balaban J connectivity index is 3.02. The highest BCUT2D eigenvalue weighted by Gasteiger charge is 2.04. The van der Waals surface area contributed by atoms with Gasteiger partial charge in [-0.3, -0.25) is 0 Å². The summed E-state index contributed by atoms with van der Waals surface area (Å²) in [5, 5.41) is 2.98. The van der Waals surface area contributed by atoms with E-state index in [2.05, 4.69) is 5.32 Å². The number of nitrogens with one attached hydrogen (secondary N) is 1. The minimum Gasteiger partial charge on any atom is -0.388 e. The van der Waals surface area contributed by atoms with Gasteiger partial charge in [0.1, 0.15) is 5.82 Å². The van der Waals surface area contributed by atoms with E-state index in [1.54, 1.807) is 6.07 Å². The van der Waals surface area contributed by atoms with E-state index in [4.69, 9.17) is 0 Å². The minimum absolute atomic E-state index is 0.108. The summed E-state index contributed by atoms with van der Waals surface area (Å²) in [5.74, 6) is -0.108. The maximum atomic E-state index is 13.2. The molecule has 12 heavy (non-hydrogen) atoms. The highest BCUT2D eigenvalue weighted by molar-refractivity contribution is 5.51. The normalized spacial score (nSPS) is 9.92. The van der Waals surface area contributed by atoms with Crippen LogP contribution in [0.3, 0.4) is 0 Å². The summed E-state index contributed by atoms with van der Waals surface area (Å²) >= 11 is 0. The second-order valence-electron chi connectivity index (χ2n) is 2.77. The van der Waals surface area contributed by atoms with E-state index in [-0.39, 0.29) is 5.82 Å². The average molecular weight is 167 g/mol. The van der Waals surface area contributed by atoms with Crippen LogP contribution in [0.5, 0.6) is 0 Å². The van der Waals surface area contributed by atoms with Gasteiger partial charge in [0, 0.05) is 18.3 Å². The molecular weight excluding hydrogens is 153 g/mol. The Morgan fingerprint density at radius 1 is 1.42 bits per heavy atom. The molecule has 0 atom stereocenters. The van der Waals surface area contributed by atoms with E-state index in [1.807, 2.05) is 20.0 Å². The van der Waals surface area contributed by atoms with Crippen molar-refractivity contribution in [3.8, 4) is 0 Å². The SMILES string of the molecule is CCCc1c(F)cccc1NC. The Labute approximate surface area is 72.6 Å². The predicted octanol–water partition coefficient (Wildman–Crippen LogP) is 2.82. The molecule has 0 saturated carbocycles. The Bertz CT molecular complexity index is 258. The molecule has 1 N–H and O–H groups in total. The molecule has 1 aromatic carbocycles. The van der Waals surface area contributed by atoms with E-state index >= 15 is 0 Å². The molecule has 0 aliphatic rings. The molecule has 0 amide bonds. The summed E-state index contributed by atoms with van der Waals surface area (Å²) in [6, 6.07) is 5.13. The lowest BCUT2D eigenvalue weighted by Crippen LogP contribution is -1.98. The van der Waals surface area contributed by atoms with Crippen LogP contribution in [0.25, 0.3) is 0 Å². The lowest BCUT2D eigenvalue weighted by molar-refractivity contribution is 0.608. The van der Waals surface area contributed by atoms with Gasteiger partial charge in [0.25, 0.3) is 0 Å². The summed E-state index contributed by atoms with van der Waals surface area (Å²) in [5.41, 5.74) is 1.69. The molecule has 0 aromatic heterocycles. The van der Waals surface area contributed by atoms with Crippen molar-refractivity contribution in [2.24, 2.45) is 0 Å². The van der Waals surface area contributed by atoms with Crippen LogP contribution in [0.4, 0.5) is 10.1 Å². The number of hydrogen-bond acceptors (Lipinski definition) is 1. The van der Waals surface area contributed by atoms with Gasteiger partial charge in [0.05, 0.1) is 0 Å². The zero-order valence-corrected chi connectivity index (χ0v) is 7.52. The van der Waals surface area contributed by atoms with Crippen molar-refractivity contribution < 1.29 is 4.39 Å². The summed E-state index contributed by atoms with van der Waals surface area (Å²) in [6.07, 6.45) is 1.76. The Morgan fingerprint density at radius 3 is 2.75 bits per heavy atom. The number of halogens is 1. The van der Waals surface area contributed by atoms with Gasteiger partial charge in [0.2, 0.25) is 0 Å². The zero-order chi connectivity index (χ0) is 8.97. The average Bonchev–Trinajstić information content (AvgIpc) is 2.09. The number of hydrogen-bond donors (Lipinski definition) is 1. The third kappa shape index (κ3) is 1.76. The van der Waals surface area contributed by atoms with Gasteiger partial charge >= 0.3 is 0 Å². The van der Waals surface area contributed by atoms with Crippen LogP contribution in [0.2, 0.25) is 0 Å². The van der Waals surface area contributed by atoms with E-state index in [0.29, 0.717) is 0 Å². The van der Waals surface area contributed by atoms with Gasteiger partial charge in [-0.2, -0.15) is 0 Å². The molecule has 1 nitrogen and oxygen atoms in total. The zero-order valence-electron chi connectivity index (χ0n) is 7.52. The molecule has 66 valence electrons. The maximum Gasteiger partial charge on any atom is 0.128 e. The van der Waals surface area contributed by atoms with Crippen LogP contribution in [0.15, 0.2) is 18.2 Å². The topological polar surface area (TPSA) is 12.0 Å². The molecule has 0 radical (unpaired) electrons. The largest absolute Gasteiger partial charge is 0.388 e. The Morgan fingerprint density at radius 2 is 2.17 bits per heavy atom. The summed E-state index contributed by atoms with van der Waals surface area (Å²) in [7, 11) is 1.81. The van der Waals surface area contributed by atoms with Gasteiger partial charge in [-0.15, -0.1) is 0 Å². The Kier molecular flexibility index (Phi) is 3.09. The lowest BCUT2D eigenvalue weighted by Gasteiger charge is -2.08. The predicted molar refractivity (Wildman–Crippen MR) is 49.9 cm³/mol. The quantitative estimate of drug-likeness (QED) is 0.730. The third-order valence-corrected chi connectivity index (χ3v) is 1.89. The fourth-order valence-corrected chi connectivity index (χ4v) is 1.30. The number of benzene rings is 1. The van der Waals surface area contributed by atoms with Crippen molar-refractivity contribution in [3.05, 3.63) is 29.6 Å². The van der Waals surface area contributed by atoms with E-state index in [0.717, 1.165) is 24.1 Å². The van der Waals surface area contributed by atoms with Crippen molar-refractivity contribution in [1.29, 1.82) is 0 Å². The maximum absolute atomic E-state index is 13.2. The van der Waals surface area contributed by atoms with Crippen LogP contribution >= 0.6 is 0 Å². The second-order valence-corrected chi connectivity index (χ2v) is 2.77. The Hall–Kier alpha value is -1.05. The number of anilines is 1. The molecule has 0 aliphatic carbocycles. The summed E-state index contributed by atoms with van der Waals surface area (Å²) in [4.78, 5) is 0. The van der Waals surface area contributed by atoms with Crippen molar-refractivity contribution >= 4 is 5.69 Å². The van der Waals surface area contributed by atoms with Gasteiger partial charge in [0.15, 0.2) is 0 Å². The first-order chi connectivity index (χ1) is 5.79. The second kappa shape index (κ2) is 4.10. The molecule has 1 rings (SSSR count).